The molecule has 1 aliphatic carbocycles. The maximum Gasteiger partial charge on any atom is 0.341 e. The Kier molecular flexibility index (Phi) is 10.8. The highest BCUT2D eigenvalue weighted by atomic mass is 32.2. The van der Waals surface area contributed by atoms with Gasteiger partial charge in [-0.1, -0.05) is 63.2 Å². The van der Waals surface area contributed by atoms with Crippen molar-refractivity contribution in [2.45, 2.75) is 44.9 Å². The largest absolute Gasteiger partial charge is 0.465 e. The average Bonchev–Trinajstić information content (AvgIpc) is 3.70. The minimum absolute atomic E-state index is 0.0694. The van der Waals surface area contributed by atoms with Crippen LogP contribution in [0.3, 0.4) is 0 Å². The summed E-state index contributed by atoms with van der Waals surface area (Å²) >= 11 is 2.77. The van der Waals surface area contributed by atoms with Gasteiger partial charge in [0.05, 0.1) is 18.4 Å². The molecule has 0 bridgehead atoms. The van der Waals surface area contributed by atoms with Crippen molar-refractivity contribution in [3.05, 3.63) is 118 Å². The zero-order chi connectivity index (χ0) is 36.1. The lowest BCUT2D eigenvalue weighted by Gasteiger charge is -2.33. The number of thiophene rings is 1. The maximum absolute atomic E-state index is 13.7. The van der Waals surface area contributed by atoms with Gasteiger partial charge in [-0.25, -0.2) is 4.79 Å². The van der Waals surface area contributed by atoms with E-state index < -0.39 is 17.8 Å². The number of esters is 1. The number of thioether (sulfide) groups is 1. The summed E-state index contributed by atoms with van der Waals surface area (Å²) in [5.41, 5.74) is 4.22. The smallest absolute Gasteiger partial charge is 0.341 e. The Morgan fingerprint density at radius 3 is 2.51 bits per heavy atom. The molecule has 3 amide bonds. The third-order valence-electron chi connectivity index (χ3n) is 9.04. The fourth-order valence-electron chi connectivity index (χ4n) is 6.22. The van der Waals surface area contributed by atoms with Crippen molar-refractivity contribution >= 4 is 74.5 Å². The number of H-pyrrole nitrogens is 1. The van der Waals surface area contributed by atoms with Crippen LogP contribution in [0.2, 0.25) is 0 Å². The number of nitrogens with one attached hydrogen (secondary N) is 4. The molecule has 11 heteroatoms. The van der Waals surface area contributed by atoms with Crippen molar-refractivity contribution in [2.75, 3.05) is 23.5 Å². The highest BCUT2D eigenvalue weighted by Gasteiger charge is 2.34. The van der Waals surface area contributed by atoms with Crippen LogP contribution in [0.15, 0.2) is 95.7 Å². The summed E-state index contributed by atoms with van der Waals surface area (Å²) in [5, 5.41) is 10.1. The van der Waals surface area contributed by atoms with Crippen LogP contribution >= 0.6 is 23.1 Å². The zero-order valence-electron chi connectivity index (χ0n) is 28.9. The Hall–Kier alpha value is -5.13. The van der Waals surface area contributed by atoms with E-state index >= 15 is 0 Å². The van der Waals surface area contributed by atoms with E-state index in [0.29, 0.717) is 27.7 Å². The average molecular weight is 721 g/mol. The highest BCUT2D eigenvalue weighted by molar-refractivity contribution is 8.00. The van der Waals surface area contributed by atoms with Crippen LogP contribution in [0.5, 0.6) is 0 Å². The highest BCUT2D eigenvalue weighted by Crippen LogP contribution is 2.44. The minimum atomic E-state index is -0.504. The second-order valence-corrected chi connectivity index (χ2v) is 15.6. The van der Waals surface area contributed by atoms with Crippen LogP contribution in [0, 0.1) is 11.3 Å². The van der Waals surface area contributed by atoms with Gasteiger partial charge in [-0.3, -0.25) is 14.4 Å². The number of rotatable bonds is 10. The first-order valence-electron chi connectivity index (χ1n) is 16.7. The Labute approximate surface area is 305 Å². The predicted molar refractivity (Wildman–Crippen MR) is 205 cm³/mol. The number of para-hydroxylation sites is 1. The summed E-state index contributed by atoms with van der Waals surface area (Å²) in [6, 6.07) is 23.6. The summed E-state index contributed by atoms with van der Waals surface area (Å²) in [6.45, 7) is 6.72. The van der Waals surface area contributed by atoms with E-state index in [-0.39, 0.29) is 22.8 Å². The van der Waals surface area contributed by atoms with Crippen LogP contribution in [0.4, 0.5) is 10.7 Å². The molecule has 6 rings (SSSR count). The van der Waals surface area contributed by atoms with E-state index in [1.807, 2.05) is 36.4 Å². The Balaban J connectivity index is 1.15. The minimum Gasteiger partial charge on any atom is -0.465 e. The second-order valence-electron chi connectivity index (χ2n) is 13.5. The van der Waals surface area contributed by atoms with Gasteiger partial charge in [-0.05, 0) is 78.6 Å². The van der Waals surface area contributed by atoms with Gasteiger partial charge in [0.15, 0.2) is 0 Å². The molecular formula is C40H40N4O5S2. The normalized spacial score (nSPS) is 14.4. The summed E-state index contributed by atoms with van der Waals surface area (Å²) in [7, 11) is 1.36. The van der Waals surface area contributed by atoms with Crippen molar-refractivity contribution in [2.24, 2.45) is 11.3 Å². The lowest BCUT2D eigenvalue weighted by atomic mass is 9.72. The van der Waals surface area contributed by atoms with Crippen LogP contribution in [-0.2, 0) is 27.2 Å². The SMILES string of the molecule is COC(=O)c1c(NC(=O)CSc2cccc(NC(=O)/C(=C/c3c[nH]c4ccccc34)NC(=O)c3ccccc3)c2)sc2c1CCC(C(C)(C)C)C2. The lowest BCUT2D eigenvalue weighted by molar-refractivity contribution is -0.114. The van der Waals surface area contributed by atoms with Crippen LogP contribution in [0.25, 0.3) is 17.0 Å². The number of benzene rings is 3. The quantitative estimate of drug-likeness (QED) is 0.0653. The number of fused-ring (bicyclic) bond motifs is 2. The standard InChI is InChI=1S/C40H40N4O5S2/c1-40(2,3)26-17-18-30-33(20-26)51-38(35(30)39(48)49-4)44-34(45)23-50-28-14-10-13-27(21-28)42-37(47)32(43-36(46)24-11-6-5-7-12-24)19-25-22-41-31-16-9-8-15-29(25)31/h5-16,19,21-22,26,41H,17-18,20,23H2,1-4H3,(H,42,47)(H,43,46)(H,44,45)/b32-19-. The number of ether oxygens (including phenoxy) is 1. The second kappa shape index (κ2) is 15.4. The van der Waals surface area contributed by atoms with Crippen LogP contribution < -0.4 is 16.0 Å². The number of methoxy groups -OCH3 is 1. The summed E-state index contributed by atoms with van der Waals surface area (Å²) in [6.07, 6.45) is 6.05. The van der Waals surface area contributed by atoms with Gasteiger partial charge < -0.3 is 25.7 Å². The van der Waals surface area contributed by atoms with Gasteiger partial charge in [0.25, 0.3) is 11.8 Å². The fourth-order valence-corrected chi connectivity index (χ4v) is 8.30. The number of aromatic amines is 1. The van der Waals surface area contributed by atoms with Crippen LogP contribution in [0.1, 0.15) is 63.9 Å². The number of amides is 3. The monoisotopic (exact) mass is 720 g/mol. The number of carbonyl (C=O) groups excluding carboxylic acids is 4. The summed E-state index contributed by atoms with van der Waals surface area (Å²) < 4.78 is 5.11. The molecule has 0 saturated carbocycles. The molecule has 0 spiro atoms. The molecule has 3 aromatic carbocycles. The fraction of sp³-hybridized carbons (Fsp3) is 0.250. The molecule has 0 aliphatic heterocycles. The van der Waals surface area contributed by atoms with Crippen molar-refractivity contribution in [1.82, 2.24) is 10.3 Å². The number of carbonyl (C=O) groups is 4. The van der Waals surface area contributed by atoms with Crippen molar-refractivity contribution in [3.8, 4) is 0 Å². The molecule has 2 heterocycles. The Morgan fingerprint density at radius 1 is 0.980 bits per heavy atom. The van der Waals surface area contributed by atoms with E-state index in [0.717, 1.165) is 51.1 Å². The first-order chi connectivity index (χ1) is 24.5. The molecule has 9 nitrogen and oxygen atoms in total. The summed E-state index contributed by atoms with van der Waals surface area (Å²) in [5.74, 6) is -1.03. The van der Waals surface area contributed by atoms with Gasteiger partial charge in [0.2, 0.25) is 5.91 Å². The molecule has 0 saturated heterocycles. The molecule has 0 fully saturated rings. The van der Waals surface area contributed by atoms with E-state index in [1.165, 1.54) is 30.2 Å². The molecular weight excluding hydrogens is 681 g/mol. The number of hydrogen-bond donors (Lipinski definition) is 4. The van der Waals surface area contributed by atoms with E-state index in [1.54, 1.807) is 54.7 Å². The maximum atomic E-state index is 13.7. The third-order valence-corrected chi connectivity index (χ3v) is 11.2. The van der Waals surface area contributed by atoms with Crippen LogP contribution in [-0.4, -0.2) is 41.5 Å². The third kappa shape index (κ3) is 8.44. The van der Waals surface area contributed by atoms with Crippen molar-refractivity contribution < 1.29 is 23.9 Å². The first-order valence-corrected chi connectivity index (χ1v) is 18.5. The molecule has 51 heavy (non-hydrogen) atoms. The van der Waals surface area contributed by atoms with E-state index in [4.69, 9.17) is 4.74 Å². The molecule has 1 atom stereocenters. The van der Waals surface area contributed by atoms with Gasteiger partial charge in [0.1, 0.15) is 10.7 Å². The number of aromatic nitrogens is 1. The van der Waals surface area contributed by atoms with Gasteiger partial charge >= 0.3 is 5.97 Å². The van der Waals surface area contributed by atoms with Crippen molar-refractivity contribution in [1.29, 1.82) is 0 Å². The topological polar surface area (TPSA) is 129 Å². The Morgan fingerprint density at radius 2 is 1.75 bits per heavy atom. The van der Waals surface area contributed by atoms with Gasteiger partial charge in [0, 0.05) is 43.7 Å². The first kappa shape index (κ1) is 35.7. The zero-order valence-corrected chi connectivity index (χ0v) is 30.6. The molecule has 1 aliphatic rings. The van der Waals surface area contributed by atoms with Crippen molar-refractivity contribution in [3.63, 3.8) is 0 Å². The predicted octanol–water partition coefficient (Wildman–Crippen LogP) is 8.31. The molecule has 4 N–H and O–H groups in total. The number of hydrogen-bond acceptors (Lipinski definition) is 7. The molecule has 0 radical (unpaired) electrons. The lowest BCUT2D eigenvalue weighted by Crippen LogP contribution is -2.30. The van der Waals surface area contributed by atoms with Gasteiger partial charge in [-0.15, -0.1) is 23.1 Å². The number of anilines is 2. The summed E-state index contributed by atoms with van der Waals surface area (Å²) in [4.78, 5) is 57.9. The molecule has 262 valence electrons. The molecule has 2 aromatic heterocycles. The Bertz CT molecular complexity index is 2130. The van der Waals surface area contributed by atoms with E-state index in [9.17, 15) is 19.2 Å². The molecule has 1 unspecified atom stereocenters. The van der Waals surface area contributed by atoms with Gasteiger partial charge in [-0.2, -0.15) is 0 Å². The molecule has 5 aromatic rings. The van der Waals surface area contributed by atoms with E-state index in [2.05, 4.69) is 41.7 Å².